The highest BCUT2D eigenvalue weighted by Crippen LogP contribution is 2.11. The van der Waals surface area contributed by atoms with E-state index < -0.39 is 0 Å². The van der Waals surface area contributed by atoms with E-state index in [4.69, 9.17) is 5.73 Å². The first-order chi connectivity index (χ1) is 8.74. The minimum absolute atomic E-state index is 0.0407. The standard InChI is InChI=1S/C14H17N3O/c1-2-11-4-3-5-12(8-11)14(18)13-9-17(7-6-15)10-16-13/h3-5,8-10H,2,6-7,15H2,1H3. The number of nitrogens with two attached hydrogens (primary N) is 1. The Labute approximate surface area is 106 Å². The van der Waals surface area contributed by atoms with Crippen molar-refractivity contribution in [2.75, 3.05) is 6.54 Å². The van der Waals surface area contributed by atoms with Crippen molar-refractivity contribution in [2.24, 2.45) is 5.73 Å². The fourth-order valence-corrected chi connectivity index (χ4v) is 1.83. The van der Waals surface area contributed by atoms with Crippen molar-refractivity contribution >= 4 is 5.78 Å². The fraction of sp³-hybridized carbons (Fsp3) is 0.286. The van der Waals surface area contributed by atoms with Gasteiger partial charge in [0.15, 0.2) is 0 Å². The summed E-state index contributed by atoms with van der Waals surface area (Å²) < 4.78 is 1.83. The van der Waals surface area contributed by atoms with Crippen LogP contribution in [-0.4, -0.2) is 21.9 Å². The molecule has 0 fully saturated rings. The van der Waals surface area contributed by atoms with Gasteiger partial charge < -0.3 is 10.3 Å². The summed E-state index contributed by atoms with van der Waals surface area (Å²) in [6.45, 7) is 3.28. The number of carbonyl (C=O) groups excluding carboxylic acids is 1. The number of imidazole rings is 1. The second-order valence-electron chi connectivity index (χ2n) is 4.17. The van der Waals surface area contributed by atoms with Crippen molar-refractivity contribution < 1.29 is 4.79 Å². The zero-order valence-electron chi connectivity index (χ0n) is 10.5. The van der Waals surface area contributed by atoms with Gasteiger partial charge in [0.25, 0.3) is 0 Å². The second-order valence-corrected chi connectivity index (χ2v) is 4.17. The van der Waals surface area contributed by atoms with Crippen LogP contribution in [0.1, 0.15) is 28.5 Å². The van der Waals surface area contributed by atoms with Gasteiger partial charge in [-0.05, 0) is 18.1 Å². The summed E-state index contributed by atoms with van der Waals surface area (Å²) >= 11 is 0. The third-order valence-electron chi connectivity index (χ3n) is 2.85. The minimum Gasteiger partial charge on any atom is -0.335 e. The number of aromatic nitrogens is 2. The topological polar surface area (TPSA) is 60.9 Å². The van der Waals surface area contributed by atoms with Crippen molar-refractivity contribution in [3.05, 3.63) is 53.6 Å². The number of rotatable bonds is 5. The Balaban J connectivity index is 2.23. The van der Waals surface area contributed by atoms with E-state index in [0.29, 0.717) is 24.3 Å². The molecule has 1 aromatic heterocycles. The van der Waals surface area contributed by atoms with E-state index in [-0.39, 0.29) is 5.78 Å². The molecule has 4 heteroatoms. The lowest BCUT2D eigenvalue weighted by molar-refractivity contribution is 0.103. The summed E-state index contributed by atoms with van der Waals surface area (Å²) in [5.74, 6) is -0.0407. The third kappa shape index (κ3) is 2.65. The Bertz CT molecular complexity index is 545. The molecule has 0 radical (unpaired) electrons. The van der Waals surface area contributed by atoms with Crippen LogP contribution in [0.4, 0.5) is 0 Å². The SMILES string of the molecule is CCc1cccc(C(=O)c2cn(CCN)cn2)c1. The average molecular weight is 243 g/mol. The predicted octanol–water partition coefficient (Wildman–Crippen LogP) is 1.64. The van der Waals surface area contributed by atoms with E-state index in [9.17, 15) is 4.79 Å². The van der Waals surface area contributed by atoms with Gasteiger partial charge in [0.05, 0.1) is 6.33 Å². The quantitative estimate of drug-likeness (QED) is 0.812. The number of aryl methyl sites for hydroxylation is 1. The number of hydrogen-bond acceptors (Lipinski definition) is 3. The van der Waals surface area contributed by atoms with Crippen LogP contribution in [0, 0.1) is 0 Å². The lowest BCUT2D eigenvalue weighted by atomic mass is 10.0. The zero-order chi connectivity index (χ0) is 13.0. The van der Waals surface area contributed by atoms with Crippen molar-refractivity contribution in [1.29, 1.82) is 0 Å². The van der Waals surface area contributed by atoms with Gasteiger partial charge in [-0.3, -0.25) is 4.79 Å². The molecule has 0 aliphatic carbocycles. The molecule has 0 saturated carbocycles. The van der Waals surface area contributed by atoms with Crippen LogP contribution < -0.4 is 5.73 Å². The van der Waals surface area contributed by atoms with E-state index in [1.165, 1.54) is 0 Å². The summed E-state index contributed by atoms with van der Waals surface area (Å²) in [6.07, 6.45) is 4.31. The van der Waals surface area contributed by atoms with Gasteiger partial charge in [0, 0.05) is 24.8 Å². The molecule has 0 bridgehead atoms. The number of ketones is 1. The number of benzene rings is 1. The summed E-state index contributed by atoms with van der Waals surface area (Å²) in [5.41, 5.74) is 7.77. The highest BCUT2D eigenvalue weighted by atomic mass is 16.1. The summed E-state index contributed by atoms with van der Waals surface area (Å²) in [6, 6.07) is 7.67. The number of nitrogens with zero attached hydrogens (tertiary/aromatic N) is 2. The lowest BCUT2D eigenvalue weighted by Gasteiger charge is -2.01. The second kappa shape index (κ2) is 5.60. The molecule has 2 aromatic rings. The van der Waals surface area contributed by atoms with Crippen LogP contribution in [0.5, 0.6) is 0 Å². The molecule has 4 nitrogen and oxygen atoms in total. The molecule has 0 aliphatic rings. The minimum atomic E-state index is -0.0407. The maximum atomic E-state index is 12.2. The maximum Gasteiger partial charge on any atom is 0.212 e. The molecule has 2 N–H and O–H groups in total. The normalized spacial score (nSPS) is 10.6. The predicted molar refractivity (Wildman–Crippen MR) is 70.5 cm³/mol. The molecule has 0 aliphatic heterocycles. The van der Waals surface area contributed by atoms with Crippen LogP contribution in [0.15, 0.2) is 36.8 Å². The van der Waals surface area contributed by atoms with Gasteiger partial charge >= 0.3 is 0 Å². The lowest BCUT2D eigenvalue weighted by Crippen LogP contribution is -2.08. The molecule has 94 valence electrons. The van der Waals surface area contributed by atoms with E-state index in [1.807, 2.05) is 28.8 Å². The van der Waals surface area contributed by atoms with Crippen LogP contribution >= 0.6 is 0 Å². The first-order valence-corrected chi connectivity index (χ1v) is 6.10. The number of hydrogen-bond donors (Lipinski definition) is 1. The van der Waals surface area contributed by atoms with E-state index in [0.717, 1.165) is 12.0 Å². The van der Waals surface area contributed by atoms with Crippen molar-refractivity contribution in [1.82, 2.24) is 9.55 Å². The Hall–Kier alpha value is -1.94. The molecule has 1 aromatic carbocycles. The van der Waals surface area contributed by atoms with Crippen molar-refractivity contribution in [3.63, 3.8) is 0 Å². The van der Waals surface area contributed by atoms with Gasteiger partial charge in [-0.2, -0.15) is 0 Å². The number of carbonyl (C=O) groups is 1. The maximum absolute atomic E-state index is 12.2. The van der Waals surface area contributed by atoms with E-state index in [1.54, 1.807) is 12.5 Å². The third-order valence-corrected chi connectivity index (χ3v) is 2.85. The Morgan fingerprint density at radius 1 is 1.44 bits per heavy atom. The van der Waals surface area contributed by atoms with Gasteiger partial charge in [0.2, 0.25) is 5.78 Å². The molecule has 0 spiro atoms. The van der Waals surface area contributed by atoms with Crippen LogP contribution in [0.3, 0.4) is 0 Å². The van der Waals surface area contributed by atoms with Crippen LogP contribution in [-0.2, 0) is 13.0 Å². The molecule has 0 unspecified atom stereocenters. The largest absolute Gasteiger partial charge is 0.335 e. The molecule has 1 heterocycles. The molecule has 0 amide bonds. The average Bonchev–Trinajstić information content (AvgIpc) is 2.87. The Morgan fingerprint density at radius 2 is 2.28 bits per heavy atom. The first-order valence-electron chi connectivity index (χ1n) is 6.10. The molecule has 0 atom stereocenters. The molecule has 18 heavy (non-hydrogen) atoms. The fourth-order valence-electron chi connectivity index (χ4n) is 1.83. The summed E-state index contributed by atoms with van der Waals surface area (Å²) in [4.78, 5) is 16.3. The summed E-state index contributed by atoms with van der Waals surface area (Å²) in [5, 5.41) is 0. The summed E-state index contributed by atoms with van der Waals surface area (Å²) in [7, 11) is 0. The van der Waals surface area contributed by atoms with Gasteiger partial charge in [-0.15, -0.1) is 0 Å². The molecule has 0 saturated heterocycles. The highest BCUT2D eigenvalue weighted by molar-refractivity contribution is 6.07. The van der Waals surface area contributed by atoms with Crippen LogP contribution in [0.25, 0.3) is 0 Å². The van der Waals surface area contributed by atoms with Crippen molar-refractivity contribution in [2.45, 2.75) is 19.9 Å². The molecule has 2 rings (SSSR count). The Kier molecular flexibility index (Phi) is 3.89. The zero-order valence-corrected chi connectivity index (χ0v) is 10.5. The molecular formula is C14H17N3O. The van der Waals surface area contributed by atoms with Gasteiger partial charge in [0.1, 0.15) is 5.69 Å². The highest BCUT2D eigenvalue weighted by Gasteiger charge is 2.12. The van der Waals surface area contributed by atoms with E-state index in [2.05, 4.69) is 11.9 Å². The van der Waals surface area contributed by atoms with E-state index >= 15 is 0 Å². The van der Waals surface area contributed by atoms with Crippen molar-refractivity contribution in [3.8, 4) is 0 Å². The first kappa shape index (κ1) is 12.5. The molecular weight excluding hydrogens is 226 g/mol. The Morgan fingerprint density at radius 3 is 3.00 bits per heavy atom. The smallest absolute Gasteiger partial charge is 0.212 e. The monoisotopic (exact) mass is 243 g/mol. The van der Waals surface area contributed by atoms with Gasteiger partial charge in [-0.1, -0.05) is 25.1 Å². The van der Waals surface area contributed by atoms with Crippen LogP contribution in [0.2, 0.25) is 0 Å². The van der Waals surface area contributed by atoms with Gasteiger partial charge in [-0.25, -0.2) is 4.98 Å².